The minimum absolute atomic E-state index is 0.383. The van der Waals surface area contributed by atoms with E-state index in [0.29, 0.717) is 12.0 Å². The highest BCUT2D eigenvalue weighted by Crippen LogP contribution is 1.97. The number of nitrogens with two attached hydrogens (primary N) is 1. The van der Waals surface area contributed by atoms with Crippen molar-refractivity contribution in [1.82, 2.24) is 5.32 Å². The van der Waals surface area contributed by atoms with Crippen LogP contribution in [0.3, 0.4) is 0 Å². The molecule has 1 aliphatic heterocycles. The summed E-state index contributed by atoms with van der Waals surface area (Å²) in [5.74, 6) is 0.489. The van der Waals surface area contributed by atoms with Crippen molar-refractivity contribution in [3.63, 3.8) is 0 Å². The molecule has 0 unspecified atom stereocenters. The molecule has 1 rings (SSSR count). The van der Waals surface area contributed by atoms with Gasteiger partial charge in [-0.1, -0.05) is 0 Å². The summed E-state index contributed by atoms with van der Waals surface area (Å²) < 4.78 is 4.91. The number of aliphatic imine (C=N–C) groups is 1. The van der Waals surface area contributed by atoms with Crippen LogP contribution in [0, 0.1) is 0 Å². The van der Waals surface area contributed by atoms with Gasteiger partial charge in [-0.25, -0.2) is 0 Å². The quantitative estimate of drug-likeness (QED) is 0.349. The van der Waals surface area contributed by atoms with Gasteiger partial charge >= 0.3 is 0 Å². The van der Waals surface area contributed by atoms with E-state index in [2.05, 4.69) is 10.3 Å². The fraction of sp³-hybridized carbons (Fsp3) is 0.800. The molecular weight excluding hydrogens is 118 g/mol. The van der Waals surface area contributed by atoms with Crippen LogP contribution < -0.4 is 11.1 Å². The Hall–Kier alpha value is -0.770. The Bertz CT molecular complexity index is 119. The van der Waals surface area contributed by atoms with Crippen LogP contribution in [0.2, 0.25) is 0 Å². The molecule has 0 atom stereocenters. The molecule has 52 valence electrons. The second-order valence-corrected chi connectivity index (χ2v) is 1.99. The van der Waals surface area contributed by atoms with Gasteiger partial charge in [0.1, 0.15) is 0 Å². The van der Waals surface area contributed by atoms with Crippen LogP contribution in [-0.4, -0.2) is 32.3 Å². The zero-order valence-corrected chi connectivity index (χ0v) is 5.42. The molecule has 0 aromatic rings. The summed E-state index contributed by atoms with van der Waals surface area (Å²) in [7, 11) is 1.65. The minimum Gasteiger partial charge on any atom is -0.377 e. The first-order valence-corrected chi connectivity index (χ1v) is 2.89. The van der Waals surface area contributed by atoms with Crippen molar-refractivity contribution in [2.24, 2.45) is 10.7 Å². The highest BCUT2D eigenvalue weighted by molar-refractivity contribution is 5.78. The molecule has 0 spiro atoms. The number of nitrogens with zero attached hydrogens (tertiary/aromatic N) is 1. The van der Waals surface area contributed by atoms with Gasteiger partial charge in [0.15, 0.2) is 5.96 Å². The van der Waals surface area contributed by atoms with Gasteiger partial charge < -0.3 is 15.8 Å². The molecular formula is C5H11N3O. The Balaban J connectivity index is 2.16. The Morgan fingerprint density at radius 1 is 1.78 bits per heavy atom. The van der Waals surface area contributed by atoms with E-state index in [1.807, 2.05) is 0 Å². The second-order valence-electron chi connectivity index (χ2n) is 1.99. The lowest BCUT2D eigenvalue weighted by Gasteiger charge is -2.26. The number of ether oxygens (including phenoxy) is 1. The fourth-order valence-corrected chi connectivity index (χ4v) is 0.593. The van der Waals surface area contributed by atoms with Crippen LogP contribution in [0.4, 0.5) is 0 Å². The summed E-state index contributed by atoms with van der Waals surface area (Å²) in [4.78, 5) is 3.74. The van der Waals surface area contributed by atoms with Crippen molar-refractivity contribution < 1.29 is 4.74 Å². The van der Waals surface area contributed by atoms with E-state index in [-0.39, 0.29) is 0 Å². The van der Waals surface area contributed by atoms with Crippen LogP contribution >= 0.6 is 0 Å². The second kappa shape index (κ2) is 2.68. The Labute approximate surface area is 54.1 Å². The molecule has 0 saturated carbocycles. The highest BCUT2D eigenvalue weighted by atomic mass is 16.5. The molecule has 4 heteroatoms. The van der Waals surface area contributed by atoms with Crippen LogP contribution in [0.1, 0.15) is 0 Å². The van der Waals surface area contributed by atoms with E-state index in [1.165, 1.54) is 0 Å². The first kappa shape index (κ1) is 6.35. The third-order valence-corrected chi connectivity index (χ3v) is 1.23. The molecule has 0 bridgehead atoms. The van der Waals surface area contributed by atoms with Crippen molar-refractivity contribution in [2.45, 2.75) is 6.04 Å². The topological polar surface area (TPSA) is 59.6 Å². The molecule has 0 aliphatic carbocycles. The monoisotopic (exact) mass is 129 g/mol. The SMILES string of the molecule is CN=C(N)NC1COC1. The highest BCUT2D eigenvalue weighted by Gasteiger charge is 2.17. The van der Waals surface area contributed by atoms with E-state index < -0.39 is 0 Å². The van der Waals surface area contributed by atoms with E-state index in [9.17, 15) is 0 Å². The molecule has 1 aliphatic rings. The van der Waals surface area contributed by atoms with Gasteiger partial charge in [-0.05, 0) is 0 Å². The average Bonchev–Trinajstić information content (AvgIpc) is 1.78. The van der Waals surface area contributed by atoms with Gasteiger partial charge in [-0.3, -0.25) is 4.99 Å². The zero-order chi connectivity index (χ0) is 6.69. The number of hydrogen-bond donors (Lipinski definition) is 2. The Morgan fingerprint density at radius 3 is 2.78 bits per heavy atom. The molecule has 4 nitrogen and oxygen atoms in total. The first-order valence-electron chi connectivity index (χ1n) is 2.89. The maximum absolute atomic E-state index is 5.37. The lowest BCUT2D eigenvalue weighted by molar-refractivity contribution is 0.00308. The Kier molecular flexibility index (Phi) is 1.89. The molecule has 9 heavy (non-hydrogen) atoms. The average molecular weight is 129 g/mol. The lowest BCUT2D eigenvalue weighted by atomic mass is 10.3. The van der Waals surface area contributed by atoms with Crippen molar-refractivity contribution in [2.75, 3.05) is 20.3 Å². The van der Waals surface area contributed by atoms with Crippen LogP contribution in [0.15, 0.2) is 4.99 Å². The summed E-state index contributed by atoms with van der Waals surface area (Å²) in [6.07, 6.45) is 0. The lowest BCUT2D eigenvalue weighted by Crippen LogP contribution is -2.51. The Morgan fingerprint density at radius 2 is 2.44 bits per heavy atom. The molecule has 1 heterocycles. The van der Waals surface area contributed by atoms with E-state index in [0.717, 1.165) is 13.2 Å². The van der Waals surface area contributed by atoms with Crippen molar-refractivity contribution in [3.8, 4) is 0 Å². The van der Waals surface area contributed by atoms with Gasteiger partial charge in [-0.15, -0.1) is 0 Å². The summed E-state index contributed by atoms with van der Waals surface area (Å²) in [5, 5.41) is 2.97. The maximum Gasteiger partial charge on any atom is 0.188 e. The third-order valence-electron chi connectivity index (χ3n) is 1.23. The van der Waals surface area contributed by atoms with Crippen LogP contribution in [-0.2, 0) is 4.74 Å². The molecule has 0 amide bonds. The predicted octanol–water partition coefficient (Wildman–Crippen LogP) is -1.08. The van der Waals surface area contributed by atoms with Gasteiger partial charge in [0.05, 0.1) is 19.3 Å². The molecule has 1 saturated heterocycles. The van der Waals surface area contributed by atoms with E-state index in [1.54, 1.807) is 7.05 Å². The summed E-state index contributed by atoms with van der Waals surface area (Å²) in [5.41, 5.74) is 5.37. The number of guanidine groups is 1. The predicted molar refractivity (Wildman–Crippen MR) is 35.3 cm³/mol. The van der Waals surface area contributed by atoms with Crippen molar-refractivity contribution >= 4 is 5.96 Å². The molecule has 0 aromatic heterocycles. The van der Waals surface area contributed by atoms with Gasteiger partial charge in [0.2, 0.25) is 0 Å². The largest absolute Gasteiger partial charge is 0.377 e. The summed E-state index contributed by atoms with van der Waals surface area (Å²) >= 11 is 0. The minimum atomic E-state index is 0.383. The molecule has 1 fully saturated rings. The summed E-state index contributed by atoms with van der Waals surface area (Å²) in [6.45, 7) is 1.49. The molecule has 0 aromatic carbocycles. The first-order chi connectivity index (χ1) is 4.33. The van der Waals surface area contributed by atoms with Crippen molar-refractivity contribution in [3.05, 3.63) is 0 Å². The molecule has 0 radical (unpaired) electrons. The standard InChI is InChI=1S/C5H11N3O/c1-7-5(6)8-4-2-9-3-4/h4H,2-3H2,1H3,(H3,6,7,8). The van der Waals surface area contributed by atoms with Crippen LogP contribution in [0.25, 0.3) is 0 Å². The van der Waals surface area contributed by atoms with Crippen LogP contribution in [0.5, 0.6) is 0 Å². The zero-order valence-electron chi connectivity index (χ0n) is 5.42. The number of nitrogens with one attached hydrogen (secondary N) is 1. The summed E-state index contributed by atoms with van der Waals surface area (Å²) in [6, 6.07) is 0.383. The number of hydrogen-bond acceptors (Lipinski definition) is 2. The van der Waals surface area contributed by atoms with E-state index in [4.69, 9.17) is 10.5 Å². The fourth-order valence-electron chi connectivity index (χ4n) is 0.593. The van der Waals surface area contributed by atoms with Gasteiger partial charge in [-0.2, -0.15) is 0 Å². The number of rotatable bonds is 1. The maximum atomic E-state index is 5.37. The normalized spacial score (nSPS) is 21.2. The molecule has 3 N–H and O–H groups in total. The van der Waals surface area contributed by atoms with Gasteiger partial charge in [0.25, 0.3) is 0 Å². The van der Waals surface area contributed by atoms with E-state index >= 15 is 0 Å². The van der Waals surface area contributed by atoms with Crippen molar-refractivity contribution in [1.29, 1.82) is 0 Å². The smallest absolute Gasteiger partial charge is 0.188 e. The third kappa shape index (κ3) is 1.57. The van der Waals surface area contributed by atoms with Gasteiger partial charge in [0, 0.05) is 7.05 Å².